The minimum absolute atomic E-state index is 0.0763. The number of amides is 1. The van der Waals surface area contributed by atoms with Crippen LogP contribution in [-0.2, 0) is 11.0 Å². The van der Waals surface area contributed by atoms with Crippen molar-refractivity contribution in [2.24, 2.45) is 0 Å². The van der Waals surface area contributed by atoms with Crippen molar-refractivity contribution in [3.05, 3.63) is 65.7 Å². The van der Waals surface area contributed by atoms with Gasteiger partial charge in [-0.15, -0.1) is 0 Å². The number of halogens is 3. The molecule has 7 heteroatoms. The van der Waals surface area contributed by atoms with Crippen LogP contribution in [0.4, 0.5) is 13.2 Å². The lowest BCUT2D eigenvalue weighted by atomic mass is 10.1. The van der Waals surface area contributed by atoms with E-state index in [0.29, 0.717) is 16.4 Å². The Balaban J connectivity index is 2.14. The topological polar surface area (TPSA) is 49.8 Å². The Hall–Kier alpha value is -2.80. The summed E-state index contributed by atoms with van der Waals surface area (Å²) in [4.78, 5) is 11.1. The molecule has 26 heavy (non-hydrogen) atoms. The van der Waals surface area contributed by atoms with E-state index in [0.717, 1.165) is 12.1 Å². The smallest absolute Gasteiger partial charge is 0.416 e. The first-order valence-corrected chi connectivity index (χ1v) is 7.79. The van der Waals surface area contributed by atoms with Gasteiger partial charge in [-0.25, -0.2) is 5.06 Å². The molecule has 0 radical (unpaired) electrons. The number of hydroxylamine groups is 2. The molecule has 0 aliphatic heterocycles. The molecule has 1 atom stereocenters. The van der Waals surface area contributed by atoms with Crippen LogP contribution in [0.25, 0.3) is 6.08 Å². The van der Waals surface area contributed by atoms with Crippen molar-refractivity contribution in [1.82, 2.24) is 5.06 Å². The van der Waals surface area contributed by atoms with Crippen LogP contribution in [0.5, 0.6) is 11.5 Å². The summed E-state index contributed by atoms with van der Waals surface area (Å²) in [5, 5.41) is 10.1. The van der Waals surface area contributed by atoms with E-state index in [4.69, 9.17) is 4.74 Å². The second-order valence-electron chi connectivity index (χ2n) is 5.66. The number of hydrogen-bond donors (Lipinski definition) is 1. The minimum atomic E-state index is -4.44. The fourth-order valence-electron chi connectivity index (χ4n) is 2.17. The standard InChI is InChI=1S/C19H18F3NO3/c1-13(23(25)14(2)24)9-10-15-5-3-7-17(11-15)26-18-8-4-6-16(12-18)19(20,21)22/h3-13,25H,1-2H3/b10-9+. The van der Waals surface area contributed by atoms with E-state index in [1.165, 1.54) is 19.1 Å². The Morgan fingerprint density at radius 3 is 2.38 bits per heavy atom. The van der Waals surface area contributed by atoms with Gasteiger partial charge in [-0.05, 0) is 42.8 Å². The summed E-state index contributed by atoms with van der Waals surface area (Å²) in [5.74, 6) is -0.0391. The van der Waals surface area contributed by atoms with Gasteiger partial charge in [-0.3, -0.25) is 10.0 Å². The zero-order valence-electron chi connectivity index (χ0n) is 14.2. The van der Waals surface area contributed by atoms with Gasteiger partial charge in [0.05, 0.1) is 11.6 Å². The molecule has 0 bridgehead atoms. The molecule has 0 saturated heterocycles. The summed E-state index contributed by atoms with van der Waals surface area (Å²) in [6.07, 6.45) is -1.15. The summed E-state index contributed by atoms with van der Waals surface area (Å²) < 4.78 is 43.8. The molecule has 0 aliphatic rings. The SMILES string of the molecule is CC(=O)N(O)C(C)/C=C/c1cccc(Oc2cccc(C(F)(F)F)c2)c1. The van der Waals surface area contributed by atoms with Crippen LogP contribution >= 0.6 is 0 Å². The molecule has 0 fully saturated rings. The normalized spacial score (nSPS) is 12.8. The molecule has 2 rings (SSSR count). The zero-order chi connectivity index (χ0) is 19.3. The van der Waals surface area contributed by atoms with Gasteiger partial charge in [0.1, 0.15) is 11.5 Å². The number of nitrogens with zero attached hydrogens (tertiary/aromatic N) is 1. The summed E-state index contributed by atoms with van der Waals surface area (Å²) in [7, 11) is 0. The van der Waals surface area contributed by atoms with Crippen LogP contribution < -0.4 is 4.74 Å². The number of alkyl halides is 3. The molecule has 2 aromatic rings. The van der Waals surface area contributed by atoms with Gasteiger partial charge in [0.15, 0.2) is 0 Å². The third kappa shape index (κ3) is 5.35. The highest BCUT2D eigenvalue weighted by atomic mass is 19.4. The molecule has 2 aromatic carbocycles. The predicted molar refractivity (Wildman–Crippen MR) is 90.8 cm³/mol. The third-order valence-corrected chi connectivity index (χ3v) is 3.53. The Morgan fingerprint density at radius 2 is 1.77 bits per heavy atom. The maximum absolute atomic E-state index is 12.8. The average Bonchev–Trinajstić information content (AvgIpc) is 2.58. The van der Waals surface area contributed by atoms with Gasteiger partial charge < -0.3 is 4.74 Å². The van der Waals surface area contributed by atoms with Gasteiger partial charge in [0.25, 0.3) is 0 Å². The predicted octanol–water partition coefficient (Wildman–Crippen LogP) is 5.14. The number of carbonyl (C=O) groups is 1. The lowest BCUT2D eigenvalue weighted by Gasteiger charge is -2.17. The number of benzene rings is 2. The maximum Gasteiger partial charge on any atom is 0.416 e. The number of hydrogen-bond acceptors (Lipinski definition) is 3. The van der Waals surface area contributed by atoms with Crippen LogP contribution in [0.3, 0.4) is 0 Å². The first-order valence-electron chi connectivity index (χ1n) is 7.79. The van der Waals surface area contributed by atoms with Gasteiger partial charge in [-0.1, -0.05) is 30.4 Å². The van der Waals surface area contributed by atoms with Gasteiger partial charge in [0.2, 0.25) is 5.91 Å². The van der Waals surface area contributed by atoms with Crippen molar-refractivity contribution >= 4 is 12.0 Å². The average molecular weight is 365 g/mol. The van der Waals surface area contributed by atoms with Crippen LogP contribution in [0, 0.1) is 0 Å². The van der Waals surface area contributed by atoms with E-state index in [1.54, 1.807) is 43.3 Å². The molecule has 1 unspecified atom stereocenters. The van der Waals surface area contributed by atoms with Crippen LogP contribution in [0.15, 0.2) is 54.6 Å². The molecule has 0 saturated carbocycles. The molecular formula is C19H18F3NO3. The first-order chi connectivity index (χ1) is 12.2. The lowest BCUT2D eigenvalue weighted by Crippen LogP contribution is -2.32. The summed E-state index contributed by atoms with van der Waals surface area (Å²) in [5.41, 5.74) is -0.0783. The second kappa shape index (κ2) is 8.05. The Kier molecular flexibility index (Phi) is 6.05. The summed E-state index contributed by atoms with van der Waals surface area (Å²) in [6.45, 7) is 2.88. The van der Waals surface area contributed by atoms with E-state index in [-0.39, 0.29) is 5.75 Å². The lowest BCUT2D eigenvalue weighted by molar-refractivity contribution is -0.167. The molecular weight excluding hydrogens is 347 g/mol. The Bertz CT molecular complexity index is 803. The quantitative estimate of drug-likeness (QED) is 0.590. The van der Waals surface area contributed by atoms with E-state index in [2.05, 4.69) is 0 Å². The zero-order valence-corrected chi connectivity index (χ0v) is 14.2. The minimum Gasteiger partial charge on any atom is -0.457 e. The molecule has 1 N–H and O–H groups in total. The fourth-order valence-corrected chi connectivity index (χ4v) is 2.17. The molecule has 138 valence electrons. The van der Waals surface area contributed by atoms with Crippen molar-refractivity contribution in [1.29, 1.82) is 0 Å². The first kappa shape index (κ1) is 19.5. The molecule has 0 aliphatic carbocycles. The molecule has 0 heterocycles. The van der Waals surface area contributed by atoms with E-state index in [1.807, 2.05) is 0 Å². The van der Waals surface area contributed by atoms with E-state index >= 15 is 0 Å². The van der Waals surface area contributed by atoms with Crippen molar-refractivity contribution in [2.45, 2.75) is 26.1 Å². The molecule has 0 spiro atoms. The second-order valence-corrected chi connectivity index (χ2v) is 5.66. The fraction of sp³-hybridized carbons (Fsp3) is 0.211. The number of ether oxygens (including phenoxy) is 1. The third-order valence-electron chi connectivity index (χ3n) is 3.53. The Morgan fingerprint density at radius 1 is 1.15 bits per heavy atom. The van der Waals surface area contributed by atoms with Gasteiger partial charge >= 0.3 is 6.18 Å². The van der Waals surface area contributed by atoms with Crippen molar-refractivity contribution in [3.8, 4) is 11.5 Å². The van der Waals surface area contributed by atoms with Gasteiger partial charge in [0, 0.05) is 6.92 Å². The van der Waals surface area contributed by atoms with Crippen LogP contribution in [-0.4, -0.2) is 22.2 Å². The largest absolute Gasteiger partial charge is 0.457 e. The van der Waals surface area contributed by atoms with Gasteiger partial charge in [-0.2, -0.15) is 13.2 Å². The van der Waals surface area contributed by atoms with Crippen molar-refractivity contribution in [2.75, 3.05) is 0 Å². The van der Waals surface area contributed by atoms with E-state index in [9.17, 15) is 23.2 Å². The highest BCUT2D eigenvalue weighted by Gasteiger charge is 2.30. The van der Waals surface area contributed by atoms with E-state index < -0.39 is 23.7 Å². The monoisotopic (exact) mass is 365 g/mol. The number of rotatable bonds is 5. The Labute approximate surface area is 149 Å². The summed E-state index contributed by atoms with van der Waals surface area (Å²) >= 11 is 0. The number of carbonyl (C=O) groups excluding carboxylic acids is 1. The molecule has 1 amide bonds. The highest BCUT2D eigenvalue weighted by molar-refractivity contribution is 5.72. The molecule has 0 aromatic heterocycles. The maximum atomic E-state index is 12.8. The highest BCUT2D eigenvalue weighted by Crippen LogP contribution is 2.32. The van der Waals surface area contributed by atoms with Crippen LogP contribution in [0.2, 0.25) is 0 Å². The molecule has 4 nitrogen and oxygen atoms in total. The van der Waals surface area contributed by atoms with Crippen molar-refractivity contribution < 1.29 is 27.9 Å². The van der Waals surface area contributed by atoms with Crippen LogP contribution in [0.1, 0.15) is 25.0 Å². The summed E-state index contributed by atoms with van der Waals surface area (Å²) in [6, 6.07) is 10.8. The van der Waals surface area contributed by atoms with Crippen molar-refractivity contribution in [3.63, 3.8) is 0 Å².